The van der Waals surface area contributed by atoms with E-state index in [1.165, 1.54) is 0 Å². The largest absolute Gasteiger partial charge is 0.338 e. The molecule has 0 saturated carbocycles. The van der Waals surface area contributed by atoms with E-state index in [1.54, 1.807) is 12.4 Å². The van der Waals surface area contributed by atoms with Crippen LogP contribution in [0.1, 0.15) is 0 Å². The minimum atomic E-state index is 0.830. The van der Waals surface area contributed by atoms with Gasteiger partial charge >= 0.3 is 0 Å². The molecule has 0 radical (unpaired) electrons. The Labute approximate surface area is 164 Å². The van der Waals surface area contributed by atoms with E-state index in [2.05, 4.69) is 53.5 Å². The summed E-state index contributed by atoms with van der Waals surface area (Å²) in [5.74, 6) is 0. The number of fused-ring (bicyclic) bond motifs is 2. The van der Waals surface area contributed by atoms with Gasteiger partial charge in [0.25, 0.3) is 0 Å². The molecule has 0 spiro atoms. The summed E-state index contributed by atoms with van der Waals surface area (Å²) in [5.41, 5.74) is 7.93. The first-order valence-electron chi connectivity index (χ1n) is 9.22. The van der Waals surface area contributed by atoms with Gasteiger partial charge in [-0.1, -0.05) is 6.07 Å². The van der Waals surface area contributed by atoms with E-state index < -0.39 is 0 Å². The van der Waals surface area contributed by atoms with Crippen LogP contribution >= 0.6 is 0 Å². The maximum Gasteiger partial charge on any atom is 0.138 e. The summed E-state index contributed by atoms with van der Waals surface area (Å²) < 4.78 is 0. The molecule has 29 heavy (non-hydrogen) atoms. The summed E-state index contributed by atoms with van der Waals surface area (Å²) in [6, 6.07) is 14.4. The predicted molar refractivity (Wildman–Crippen MR) is 112 cm³/mol. The Bertz CT molecular complexity index is 1440. The Hall–Kier alpha value is -4.26. The van der Waals surface area contributed by atoms with Crippen molar-refractivity contribution < 1.29 is 0 Å². The lowest BCUT2D eigenvalue weighted by atomic mass is 10.0. The number of H-pyrrole nitrogens is 3. The first-order valence-corrected chi connectivity index (χ1v) is 9.22. The number of hydrogen-bond donors (Lipinski definition) is 3. The minimum absolute atomic E-state index is 0.830. The molecular weight excluding hydrogens is 362 g/mol. The van der Waals surface area contributed by atoms with E-state index in [4.69, 9.17) is 0 Å². The van der Waals surface area contributed by atoms with Crippen LogP contribution in [0.2, 0.25) is 0 Å². The van der Waals surface area contributed by atoms with Gasteiger partial charge in [-0.15, -0.1) is 0 Å². The van der Waals surface area contributed by atoms with Gasteiger partial charge in [-0.05, 0) is 53.1 Å². The number of aromatic nitrogens is 7. The highest BCUT2D eigenvalue weighted by molar-refractivity contribution is 6.00. The molecule has 7 heteroatoms. The van der Waals surface area contributed by atoms with Gasteiger partial charge in [0.15, 0.2) is 0 Å². The van der Waals surface area contributed by atoms with Crippen molar-refractivity contribution >= 4 is 21.9 Å². The molecule has 0 amide bonds. The van der Waals surface area contributed by atoms with Gasteiger partial charge in [0.2, 0.25) is 0 Å². The molecule has 0 bridgehead atoms. The highest BCUT2D eigenvalue weighted by Gasteiger charge is 2.15. The van der Waals surface area contributed by atoms with Gasteiger partial charge in [-0.25, -0.2) is 4.98 Å². The van der Waals surface area contributed by atoms with Gasteiger partial charge in [0, 0.05) is 41.1 Å². The molecule has 0 atom stereocenters. The van der Waals surface area contributed by atoms with E-state index >= 15 is 0 Å². The zero-order valence-electron chi connectivity index (χ0n) is 15.2. The average Bonchev–Trinajstić information content (AvgIpc) is 3.52. The van der Waals surface area contributed by atoms with Crippen molar-refractivity contribution in [3.05, 3.63) is 73.4 Å². The fourth-order valence-corrected chi connectivity index (χ4v) is 3.75. The standard InChI is InChI=1S/C22H15N7/c1-2-19-18(9-14(1)15-11-25-26-12-15)21(29-28-19)20-10-17-16(5-8-24-22(17)27-20)13-3-6-23-7-4-13/h1-12H,(H,24,27)(H,25,26)(H,28,29). The molecule has 6 aromatic rings. The van der Waals surface area contributed by atoms with Crippen LogP contribution in [0.4, 0.5) is 0 Å². The van der Waals surface area contributed by atoms with Crippen molar-refractivity contribution in [2.75, 3.05) is 0 Å². The van der Waals surface area contributed by atoms with Gasteiger partial charge in [-0.3, -0.25) is 15.2 Å². The number of nitrogens with zero attached hydrogens (tertiary/aromatic N) is 4. The summed E-state index contributed by atoms with van der Waals surface area (Å²) in [5, 5.41) is 16.7. The Kier molecular flexibility index (Phi) is 3.33. The van der Waals surface area contributed by atoms with Crippen LogP contribution in [-0.2, 0) is 0 Å². The summed E-state index contributed by atoms with van der Waals surface area (Å²) >= 11 is 0. The zero-order chi connectivity index (χ0) is 19.2. The molecule has 0 aliphatic carbocycles. The molecule has 5 aromatic heterocycles. The number of pyridine rings is 2. The molecule has 0 saturated heterocycles. The number of rotatable bonds is 3. The lowest BCUT2D eigenvalue weighted by molar-refractivity contribution is 1.09. The molecule has 3 N–H and O–H groups in total. The molecule has 6 rings (SSSR count). The molecule has 1 aromatic carbocycles. The third-order valence-corrected chi connectivity index (χ3v) is 5.17. The topological polar surface area (TPSA) is 98.9 Å². The van der Waals surface area contributed by atoms with Gasteiger partial charge in [0.1, 0.15) is 11.3 Å². The van der Waals surface area contributed by atoms with E-state index in [-0.39, 0.29) is 0 Å². The number of aromatic amines is 3. The second-order valence-corrected chi connectivity index (χ2v) is 6.86. The lowest BCUT2D eigenvalue weighted by Gasteiger charge is -2.01. The third kappa shape index (κ3) is 2.52. The molecule has 0 aliphatic rings. The smallest absolute Gasteiger partial charge is 0.138 e. The molecule has 138 valence electrons. The normalized spacial score (nSPS) is 11.4. The highest BCUT2D eigenvalue weighted by atomic mass is 15.1. The first-order chi connectivity index (χ1) is 14.4. The van der Waals surface area contributed by atoms with Gasteiger partial charge < -0.3 is 4.98 Å². The van der Waals surface area contributed by atoms with Crippen LogP contribution in [0.5, 0.6) is 0 Å². The summed E-state index contributed by atoms with van der Waals surface area (Å²) in [6.07, 6.45) is 9.11. The van der Waals surface area contributed by atoms with Crippen molar-refractivity contribution in [2.45, 2.75) is 0 Å². The van der Waals surface area contributed by atoms with Crippen molar-refractivity contribution in [3.8, 4) is 33.6 Å². The van der Waals surface area contributed by atoms with E-state index in [9.17, 15) is 0 Å². The van der Waals surface area contributed by atoms with Crippen molar-refractivity contribution in [1.29, 1.82) is 0 Å². The van der Waals surface area contributed by atoms with Crippen molar-refractivity contribution in [3.63, 3.8) is 0 Å². The maximum atomic E-state index is 4.57. The zero-order valence-corrected chi connectivity index (χ0v) is 15.2. The van der Waals surface area contributed by atoms with Crippen molar-refractivity contribution in [1.82, 2.24) is 35.3 Å². The Balaban J connectivity index is 1.54. The number of benzene rings is 1. The summed E-state index contributed by atoms with van der Waals surface area (Å²) in [7, 11) is 0. The summed E-state index contributed by atoms with van der Waals surface area (Å²) in [6.45, 7) is 0. The van der Waals surface area contributed by atoms with Gasteiger partial charge in [-0.2, -0.15) is 10.2 Å². The SMILES string of the molecule is c1cc(-c2ccnc3[nH]c(-c4n[nH]c5ccc(-c6cn[nH]c6)cc45)cc23)ccn1. The fraction of sp³-hybridized carbons (Fsp3) is 0. The molecule has 5 heterocycles. The van der Waals surface area contributed by atoms with E-state index in [1.807, 2.05) is 42.9 Å². The molecule has 0 aliphatic heterocycles. The van der Waals surface area contributed by atoms with Crippen LogP contribution in [0.3, 0.4) is 0 Å². The second-order valence-electron chi connectivity index (χ2n) is 6.86. The maximum absolute atomic E-state index is 4.57. The molecular formula is C22H15N7. The first kappa shape index (κ1) is 15.8. The average molecular weight is 377 g/mol. The van der Waals surface area contributed by atoms with Crippen LogP contribution in [-0.4, -0.2) is 35.3 Å². The monoisotopic (exact) mass is 377 g/mol. The number of hydrogen-bond acceptors (Lipinski definition) is 4. The molecule has 0 unspecified atom stereocenters. The molecule has 0 fully saturated rings. The van der Waals surface area contributed by atoms with E-state index in [0.29, 0.717) is 0 Å². The van der Waals surface area contributed by atoms with Crippen LogP contribution in [0.15, 0.2) is 73.4 Å². The van der Waals surface area contributed by atoms with Crippen LogP contribution in [0.25, 0.3) is 55.6 Å². The summed E-state index contributed by atoms with van der Waals surface area (Å²) in [4.78, 5) is 12.1. The second kappa shape index (κ2) is 6.13. The molecule has 7 nitrogen and oxygen atoms in total. The fourth-order valence-electron chi connectivity index (χ4n) is 3.75. The quantitative estimate of drug-likeness (QED) is 0.421. The third-order valence-electron chi connectivity index (χ3n) is 5.17. The predicted octanol–water partition coefficient (Wildman–Crippen LogP) is 4.56. The Morgan fingerprint density at radius 3 is 2.59 bits per heavy atom. The highest BCUT2D eigenvalue weighted by Crippen LogP contribution is 2.34. The van der Waals surface area contributed by atoms with Crippen LogP contribution in [0, 0.1) is 0 Å². The van der Waals surface area contributed by atoms with Crippen molar-refractivity contribution in [2.24, 2.45) is 0 Å². The van der Waals surface area contributed by atoms with E-state index in [0.717, 1.165) is 55.6 Å². The van der Waals surface area contributed by atoms with Crippen LogP contribution < -0.4 is 0 Å². The Morgan fingerprint density at radius 2 is 1.72 bits per heavy atom. The number of nitrogens with one attached hydrogen (secondary N) is 3. The Morgan fingerprint density at radius 1 is 0.793 bits per heavy atom. The lowest BCUT2D eigenvalue weighted by Crippen LogP contribution is -1.82. The van der Waals surface area contributed by atoms with Gasteiger partial charge in [0.05, 0.1) is 17.4 Å². The minimum Gasteiger partial charge on any atom is -0.338 e.